The van der Waals surface area contributed by atoms with Crippen molar-refractivity contribution in [3.63, 3.8) is 0 Å². The molecule has 0 saturated heterocycles. The SMILES string of the molecule is CN(Cc1ccc(Cl)cc1)C(=O)COC(=O)CNC(=O)c1ccccc1F. The molecule has 0 fully saturated rings. The number of halogens is 2. The van der Waals surface area contributed by atoms with E-state index in [0.717, 1.165) is 11.6 Å². The fraction of sp³-hybridized carbons (Fsp3) is 0.211. The molecule has 0 aliphatic heterocycles. The maximum absolute atomic E-state index is 13.5. The standard InChI is InChI=1S/C19H18ClFN2O4/c1-23(11-13-6-8-14(20)9-7-13)17(24)12-27-18(25)10-22-19(26)15-4-2-3-5-16(15)21/h2-9H,10-12H2,1H3,(H,22,26). The Morgan fingerprint density at radius 3 is 2.44 bits per heavy atom. The van der Waals surface area contributed by atoms with E-state index in [1.807, 2.05) is 0 Å². The Bertz CT molecular complexity index is 827. The highest BCUT2D eigenvalue weighted by Gasteiger charge is 2.15. The van der Waals surface area contributed by atoms with Crippen LogP contribution in [0.2, 0.25) is 5.02 Å². The van der Waals surface area contributed by atoms with Gasteiger partial charge in [0.05, 0.1) is 5.56 Å². The topological polar surface area (TPSA) is 75.7 Å². The smallest absolute Gasteiger partial charge is 0.325 e. The van der Waals surface area contributed by atoms with Crippen molar-refractivity contribution >= 4 is 29.4 Å². The summed E-state index contributed by atoms with van der Waals surface area (Å²) in [5.41, 5.74) is 0.697. The van der Waals surface area contributed by atoms with E-state index in [-0.39, 0.29) is 5.56 Å². The summed E-state index contributed by atoms with van der Waals surface area (Å²) in [6.07, 6.45) is 0. The van der Waals surface area contributed by atoms with E-state index in [4.69, 9.17) is 16.3 Å². The van der Waals surface area contributed by atoms with Gasteiger partial charge in [-0.15, -0.1) is 0 Å². The predicted octanol–water partition coefficient (Wildman–Crippen LogP) is 2.41. The first-order chi connectivity index (χ1) is 12.9. The summed E-state index contributed by atoms with van der Waals surface area (Å²) < 4.78 is 18.3. The molecule has 0 heterocycles. The maximum Gasteiger partial charge on any atom is 0.325 e. The summed E-state index contributed by atoms with van der Waals surface area (Å²) in [4.78, 5) is 36.9. The van der Waals surface area contributed by atoms with Crippen molar-refractivity contribution in [2.24, 2.45) is 0 Å². The van der Waals surface area contributed by atoms with Crippen LogP contribution in [-0.4, -0.2) is 42.9 Å². The van der Waals surface area contributed by atoms with Crippen LogP contribution >= 0.6 is 11.6 Å². The molecule has 0 aromatic heterocycles. The summed E-state index contributed by atoms with van der Waals surface area (Å²) >= 11 is 5.81. The van der Waals surface area contributed by atoms with Crippen LogP contribution < -0.4 is 5.32 Å². The van der Waals surface area contributed by atoms with Gasteiger partial charge in [-0.05, 0) is 29.8 Å². The zero-order valence-corrected chi connectivity index (χ0v) is 15.3. The largest absolute Gasteiger partial charge is 0.454 e. The highest BCUT2D eigenvalue weighted by Crippen LogP contribution is 2.11. The third-order valence-corrected chi connectivity index (χ3v) is 3.88. The van der Waals surface area contributed by atoms with Crippen molar-refractivity contribution in [1.29, 1.82) is 0 Å². The molecule has 6 nitrogen and oxygen atoms in total. The highest BCUT2D eigenvalue weighted by atomic mass is 35.5. The number of ether oxygens (including phenoxy) is 1. The number of amides is 2. The zero-order chi connectivity index (χ0) is 19.8. The quantitative estimate of drug-likeness (QED) is 0.734. The van der Waals surface area contributed by atoms with E-state index < -0.39 is 36.8 Å². The fourth-order valence-electron chi connectivity index (χ4n) is 2.15. The monoisotopic (exact) mass is 392 g/mol. The highest BCUT2D eigenvalue weighted by molar-refractivity contribution is 6.30. The molecule has 2 aromatic rings. The molecule has 0 spiro atoms. The molecule has 1 N–H and O–H groups in total. The molecule has 0 unspecified atom stereocenters. The van der Waals surface area contributed by atoms with Gasteiger partial charge in [-0.3, -0.25) is 14.4 Å². The van der Waals surface area contributed by atoms with E-state index in [0.29, 0.717) is 11.6 Å². The van der Waals surface area contributed by atoms with Gasteiger partial charge in [0.25, 0.3) is 11.8 Å². The van der Waals surface area contributed by atoms with Crippen LogP contribution in [-0.2, 0) is 20.9 Å². The first-order valence-electron chi connectivity index (χ1n) is 8.03. The fourth-order valence-corrected chi connectivity index (χ4v) is 2.27. The molecule has 2 rings (SSSR count). The lowest BCUT2D eigenvalue weighted by Crippen LogP contribution is -2.34. The van der Waals surface area contributed by atoms with E-state index >= 15 is 0 Å². The Morgan fingerprint density at radius 1 is 1.11 bits per heavy atom. The Labute approximate surface area is 160 Å². The first kappa shape index (κ1) is 20.4. The Balaban J connectivity index is 1.74. The number of carbonyl (C=O) groups is 3. The summed E-state index contributed by atoms with van der Waals surface area (Å²) in [6, 6.07) is 12.4. The van der Waals surface area contributed by atoms with Gasteiger partial charge in [-0.2, -0.15) is 0 Å². The van der Waals surface area contributed by atoms with Gasteiger partial charge in [-0.1, -0.05) is 35.9 Å². The third-order valence-electron chi connectivity index (χ3n) is 3.63. The number of benzene rings is 2. The lowest BCUT2D eigenvalue weighted by atomic mass is 10.2. The van der Waals surface area contributed by atoms with Crippen LogP contribution in [0.4, 0.5) is 4.39 Å². The minimum absolute atomic E-state index is 0.177. The number of nitrogens with one attached hydrogen (secondary N) is 1. The summed E-state index contributed by atoms with van der Waals surface area (Å²) in [5.74, 6) is -2.63. The molecule has 2 amide bonds. The minimum atomic E-state index is -0.798. The zero-order valence-electron chi connectivity index (χ0n) is 14.6. The van der Waals surface area contributed by atoms with Crippen molar-refractivity contribution in [1.82, 2.24) is 10.2 Å². The van der Waals surface area contributed by atoms with E-state index in [1.54, 1.807) is 31.3 Å². The molecular weight excluding hydrogens is 375 g/mol. The second-order valence-electron chi connectivity index (χ2n) is 5.70. The molecule has 2 aromatic carbocycles. The van der Waals surface area contributed by atoms with Crippen LogP contribution in [0.15, 0.2) is 48.5 Å². The molecule has 0 aliphatic carbocycles. The van der Waals surface area contributed by atoms with Gasteiger partial charge in [-0.25, -0.2) is 4.39 Å². The van der Waals surface area contributed by atoms with Gasteiger partial charge < -0.3 is 15.0 Å². The van der Waals surface area contributed by atoms with E-state index in [9.17, 15) is 18.8 Å². The van der Waals surface area contributed by atoms with Gasteiger partial charge >= 0.3 is 5.97 Å². The molecule has 142 valence electrons. The molecular formula is C19H18ClFN2O4. The van der Waals surface area contributed by atoms with Crippen LogP contribution in [0.5, 0.6) is 0 Å². The van der Waals surface area contributed by atoms with E-state index in [2.05, 4.69) is 5.32 Å². The van der Waals surface area contributed by atoms with Crippen molar-refractivity contribution in [3.8, 4) is 0 Å². The number of likely N-dealkylation sites (N-methyl/N-ethyl adjacent to an activating group) is 1. The van der Waals surface area contributed by atoms with Crippen molar-refractivity contribution in [3.05, 3.63) is 70.5 Å². The van der Waals surface area contributed by atoms with Gasteiger partial charge in [0.2, 0.25) is 0 Å². The summed E-state index contributed by atoms with van der Waals surface area (Å²) in [5, 5.41) is 2.84. The lowest BCUT2D eigenvalue weighted by Gasteiger charge is -2.17. The third kappa shape index (κ3) is 6.38. The Morgan fingerprint density at radius 2 is 1.78 bits per heavy atom. The molecule has 0 saturated carbocycles. The first-order valence-corrected chi connectivity index (χ1v) is 8.41. The normalized spacial score (nSPS) is 10.2. The van der Waals surface area contributed by atoms with Gasteiger partial charge in [0.1, 0.15) is 12.4 Å². The number of esters is 1. The van der Waals surface area contributed by atoms with Gasteiger partial charge in [0, 0.05) is 18.6 Å². The molecule has 0 bridgehead atoms. The van der Waals surface area contributed by atoms with Crippen LogP contribution in [0, 0.1) is 5.82 Å². The second-order valence-corrected chi connectivity index (χ2v) is 6.14. The predicted molar refractivity (Wildman–Crippen MR) is 97.6 cm³/mol. The lowest BCUT2D eigenvalue weighted by molar-refractivity contribution is -0.150. The van der Waals surface area contributed by atoms with Crippen LogP contribution in [0.25, 0.3) is 0 Å². The molecule has 8 heteroatoms. The molecule has 27 heavy (non-hydrogen) atoms. The maximum atomic E-state index is 13.5. The number of nitrogens with zero attached hydrogens (tertiary/aromatic N) is 1. The van der Waals surface area contributed by atoms with E-state index in [1.165, 1.54) is 23.1 Å². The minimum Gasteiger partial charge on any atom is -0.454 e. The number of carbonyl (C=O) groups excluding carboxylic acids is 3. The van der Waals surface area contributed by atoms with Crippen LogP contribution in [0.3, 0.4) is 0 Å². The van der Waals surface area contributed by atoms with Crippen molar-refractivity contribution < 1.29 is 23.5 Å². The number of rotatable bonds is 7. The second kappa shape index (κ2) is 9.68. The van der Waals surface area contributed by atoms with Gasteiger partial charge in [0.15, 0.2) is 6.61 Å². The summed E-state index contributed by atoms with van der Waals surface area (Å²) in [6.45, 7) is -0.600. The molecule has 0 radical (unpaired) electrons. The average molecular weight is 393 g/mol. The Hall–Kier alpha value is -2.93. The number of hydrogen-bond donors (Lipinski definition) is 1. The Kier molecular flexibility index (Phi) is 7.31. The van der Waals surface area contributed by atoms with Crippen LogP contribution in [0.1, 0.15) is 15.9 Å². The molecule has 0 aliphatic rings. The van der Waals surface area contributed by atoms with Crippen molar-refractivity contribution in [2.45, 2.75) is 6.54 Å². The average Bonchev–Trinajstić information content (AvgIpc) is 2.66. The van der Waals surface area contributed by atoms with Crippen molar-refractivity contribution in [2.75, 3.05) is 20.2 Å². The molecule has 0 atom stereocenters. The summed E-state index contributed by atoms with van der Waals surface area (Å²) in [7, 11) is 1.57. The number of hydrogen-bond acceptors (Lipinski definition) is 4.